The molecule has 23 heavy (non-hydrogen) atoms. The summed E-state index contributed by atoms with van der Waals surface area (Å²) in [5.74, 6) is 0. The minimum atomic E-state index is -3.45. The zero-order valence-electron chi connectivity index (χ0n) is 13.1. The number of rotatable bonds is 6. The zero-order valence-corrected chi connectivity index (χ0v) is 14.7. The molecule has 0 amide bonds. The third-order valence-electron chi connectivity index (χ3n) is 4.99. The number of hydrogen-bond donors (Lipinski definition) is 1. The predicted octanol–water partition coefficient (Wildman–Crippen LogP) is 2.82. The Hall–Kier alpha value is -1.19. The summed E-state index contributed by atoms with van der Waals surface area (Å²) in [6.45, 7) is 2.63. The van der Waals surface area contributed by atoms with Crippen LogP contribution in [0.15, 0.2) is 10.3 Å². The summed E-state index contributed by atoms with van der Waals surface area (Å²) < 4.78 is 29.1. The van der Waals surface area contributed by atoms with Gasteiger partial charge in [-0.25, -0.2) is 8.42 Å². The third kappa shape index (κ3) is 2.74. The Morgan fingerprint density at radius 2 is 2.22 bits per heavy atom. The van der Waals surface area contributed by atoms with Gasteiger partial charge in [-0.2, -0.15) is 0 Å². The van der Waals surface area contributed by atoms with Gasteiger partial charge < -0.3 is 10.1 Å². The molecule has 0 bridgehead atoms. The minimum Gasteiger partial charge on any atom is -0.378 e. The number of sulfone groups is 1. The molecule has 1 aromatic rings. The maximum Gasteiger partial charge on any atom is 0.304 e. The summed E-state index contributed by atoms with van der Waals surface area (Å²) in [5, 5.41) is 14.8. The van der Waals surface area contributed by atoms with Gasteiger partial charge in [0.05, 0.1) is 11.0 Å². The second-order valence-corrected chi connectivity index (χ2v) is 9.57. The molecule has 0 aromatic carbocycles. The molecule has 2 aliphatic rings. The van der Waals surface area contributed by atoms with Crippen LogP contribution in [-0.2, 0) is 14.6 Å². The van der Waals surface area contributed by atoms with Crippen LogP contribution in [0.1, 0.15) is 32.6 Å². The highest BCUT2D eigenvalue weighted by Gasteiger charge is 2.59. The summed E-state index contributed by atoms with van der Waals surface area (Å²) in [7, 11) is -3.45. The molecule has 2 aliphatic carbocycles. The average molecular weight is 360 g/mol. The lowest BCUT2D eigenvalue weighted by Crippen LogP contribution is -2.64. The first-order valence-corrected chi connectivity index (χ1v) is 10.3. The van der Waals surface area contributed by atoms with Crippen LogP contribution in [0.2, 0.25) is 0 Å². The Labute approximate surface area is 139 Å². The average Bonchev–Trinajstić information content (AvgIpc) is 2.79. The van der Waals surface area contributed by atoms with Crippen molar-refractivity contribution in [3.63, 3.8) is 0 Å². The molecule has 3 rings (SSSR count). The fraction of sp³-hybridized carbons (Fsp3) is 0.714. The Morgan fingerprint density at radius 1 is 1.52 bits per heavy atom. The molecule has 2 unspecified atom stereocenters. The molecule has 1 spiro atoms. The summed E-state index contributed by atoms with van der Waals surface area (Å²) in [5.41, 5.74) is -0.108. The van der Waals surface area contributed by atoms with Crippen molar-refractivity contribution in [2.45, 2.75) is 49.0 Å². The van der Waals surface area contributed by atoms with E-state index in [1.54, 1.807) is 0 Å². The molecule has 9 heteroatoms. The maximum absolute atomic E-state index is 11.7. The van der Waals surface area contributed by atoms with Crippen LogP contribution in [0.3, 0.4) is 0 Å². The number of hydrogen-bond acceptors (Lipinski definition) is 7. The van der Waals surface area contributed by atoms with Crippen LogP contribution >= 0.6 is 11.3 Å². The van der Waals surface area contributed by atoms with Crippen molar-refractivity contribution in [3.8, 4) is 0 Å². The molecule has 2 fully saturated rings. The monoisotopic (exact) mass is 360 g/mol. The number of nitro groups is 1. The molecule has 2 saturated carbocycles. The second-order valence-electron chi connectivity index (χ2n) is 6.27. The van der Waals surface area contributed by atoms with Crippen LogP contribution in [0, 0.1) is 15.5 Å². The Bertz CT molecular complexity index is 724. The van der Waals surface area contributed by atoms with Gasteiger partial charge in [0.1, 0.15) is 4.21 Å². The molecular formula is C14H20N2O5S2. The fourth-order valence-corrected chi connectivity index (χ4v) is 5.57. The number of anilines is 1. The van der Waals surface area contributed by atoms with Gasteiger partial charge in [0.15, 0.2) is 14.8 Å². The van der Waals surface area contributed by atoms with E-state index in [0.717, 1.165) is 49.3 Å². The van der Waals surface area contributed by atoms with Gasteiger partial charge in [0, 0.05) is 30.4 Å². The maximum atomic E-state index is 11.7. The largest absolute Gasteiger partial charge is 0.378 e. The van der Waals surface area contributed by atoms with E-state index in [9.17, 15) is 18.5 Å². The van der Waals surface area contributed by atoms with Gasteiger partial charge in [-0.1, -0.05) is 17.8 Å². The van der Waals surface area contributed by atoms with Crippen LogP contribution in [0.4, 0.5) is 10.7 Å². The summed E-state index contributed by atoms with van der Waals surface area (Å²) >= 11 is 0.941. The SMILES string of the molecule is CCOC1CC(Nc2sc(S(C)(=O)=O)cc2[N+](=O)[O-])C12CCC2. The molecule has 1 aromatic heterocycles. The fourth-order valence-electron chi connectivity index (χ4n) is 3.58. The van der Waals surface area contributed by atoms with Crippen molar-refractivity contribution in [3.05, 3.63) is 16.2 Å². The summed E-state index contributed by atoms with van der Waals surface area (Å²) in [4.78, 5) is 10.7. The van der Waals surface area contributed by atoms with Gasteiger partial charge in [-0.05, 0) is 26.2 Å². The van der Waals surface area contributed by atoms with E-state index in [-0.39, 0.29) is 27.5 Å². The van der Waals surface area contributed by atoms with E-state index in [1.165, 1.54) is 0 Å². The lowest BCUT2D eigenvalue weighted by Gasteiger charge is -2.61. The van der Waals surface area contributed by atoms with Crippen molar-refractivity contribution in [1.29, 1.82) is 0 Å². The third-order valence-corrected chi connectivity index (χ3v) is 7.85. The highest BCUT2D eigenvalue weighted by atomic mass is 32.2. The molecular weight excluding hydrogens is 340 g/mol. The highest BCUT2D eigenvalue weighted by molar-refractivity contribution is 7.92. The normalized spacial score (nSPS) is 25.7. The molecule has 7 nitrogen and oxygen atoms in total. The van der Waals surface area contributed by atoms with Crippen molar-refractivity contribution >= 4 is 31.9 Å². The van der Waals surface area contributed by atoms with E-state index in [4.69, 9.17) is 4.74 Å². The van der Waals surface area contributed by atoms with Crippen molar-refractivity contribution in [2.24, 2.45) is 5.41 Å². The summed E-state index contributed by atoms with van der Waals surface area (Å²) in [6, 6.07) is 1.26. The lowest BCUT2D eigenvalue weighted by atomic mass is 9.51. The Balaban J connectivity index is 1.83. The van der Waals surface area contributed by atoms with Crippen LogP contribution in [0.25, 0.3) is 0 Å². The quantitative estimate of drug-likeness (QED) is 0.619. The van der Waals surface area contributed by atoms with Gasteiger partial charge >= 0.3 is 5.69 Å². The molecule has 2 atom stereocenters. The van der Waals surface area contributed by atoms with Gasteiger partial charge in [0.25, 0.3) is 0 Å². The first-order chi connectivity index (χ1) is 10.8. The topological polar surface area (TPSA) is 98.5 Å². The molecule has 128 valence electrons. The van der Waals surface area contributed by atoms with Crippen molar-refractivity contribution in [2.75, 3.05) is 18.2 Å². The predicted molar refractivity (Wildman–Crippen MR) is 87.8 cm³/mol. The number of nitrogens with one attached hydrogen (secondary N) is 1. The van der Waals surface area contributed by atoms with Gasteiger partial charge in [-0.15, -0.1) is 0 Å². The van der Waals surface area contributed by atoms with Crippen molar-refractivity contribution < 1.29 is 18.1 Å². The first kappa shape index (κ1) is 16.7. The summed E-state index contributed by atoms with van der Waals surface area (Å²) in [6.07, 6.45) is 5.31. The number of thiophene rings is 1. The molecule has 0 radical (unpaired) electrons. The van der Waals surface area contributed by atoms with E-state index >= 15 is 0 Å². The van der Waals surface area contributed by atoms with E-state index < -0.39 is 14.8 Å². The first-order valence-electron chi connectivity index (χ1n) is 7.64. The zero-order chi connectivity index (χ0) is 16.8. The number of ether oxygens (including phenoxy) is 1. The Kier molecular flexibility index (Phi) is 4.14. The van der Waals surface area contributed by atoms with Crippen LogP contribution in [0.5, 0.6) is 0 Å². The lowest BCUT2D eigenvalue weighted by molar-refractivity contribution is -0.383. The molecule has 1 heterocycles. The standard InChI is InChI=1S/C14H20N2O5S2/c1-3-21-11-8-10(14(11)5-4-6-14)15-13-9(16(17)18)7-12(22-13)23(2,19)20/h7,10-11,15H,3-6,8H2,1-2H3. The highest BCUT2D eigenvalue weighted by Crippen LogP contribution is 2.58. The van der Waals surface area contributed by atoms with E-state index in [1.807, 2.05) is 6.92 Å². The number of nitrogens with zero attached hydrogens (tertiary/aromatic N) is 1. The molecule has 1 N–H and O–H groups in total. The van der Waals surface area contributed by atoms with Gasteiger partial charge in [-0.3, -0.25) is 10.1 Å². The Morgan fingerprint density at radius 3 is 2.70 bits per heavy atom. The van der Waals surface area contributed by atoms with Crippen LogP contribution < -0.4 is 5.32 Å². The second kappa shape index (κ2) is 5.71. The molecule has 0 aliphatic heterocycles. The van der Waals surface area contributed by atoms with Crippen LogP contribution in [-0.4, -0.2) is 38.3 Å². The minimum absolute atomic E-state index is 0.0232. The van der Waals surface area contributed by atoms with Crippen molar-refractivity contribution in [1.82, 2.24) is 0 Å². The van der Waals surface area contributed by atoms with Gasteiger partial charge in [0.2, 0.25) is 0 Å². The molecule has 0 saturated heterocycles. The van der Waals surface area contributed by atoms with E-state index in [2.05, 4.69) is 5.32 Å². The smallest absolute Gasteiger partial charge is 0.304 e. The van der Waals surface area contributed by atoms with E-state index in [0.29, 0.717) is 11.6 Å².